The summed E-state index contributed by atoms with van der Waals surface area (Å²) in [5.41, 5.74) is 1.33. The van der Waals surface area contributed by atoms with Crippen molar-refractivity contribution in [3.8, 4) is 5.75 Å². The van der Waals surface area contributed by atoms with Crippen LogP contribution in [0.25, 0.3) is 5.76 Å². The number of unbranched alkanes of at least 4 members (excludes halogenated alkanes) is 13. The van der Waals surface area contributed by atoms with Crippen LogP contribution in [0.2, 0.25) is 5.02 Å². The number of carbonyl (C=O) groups is 2. The molecule has 2 aromatic carbocycles. The minimum atomic E-state index is -0.654. The molecule has 3 rings (SSSR count). The molecule has 1 aliphatic heterocycles. The number of ketones is 1. The van der Waals surface area contributed by atoms with Gasteiger partial charge in [0.2, 0.25) is 0 Å². The maximum atomic E-state index is 13.2. The number of aliphatic hydroxyl groups is 1. The average molecular weight is 568 g/mol. The standard InChI is InChI=1S/C34H46ClNO4/c1-3-4-5-6-7-8-9-10-11-12-13-14-15-16-25-36-31(26-17-21-28(35)22-18-26)30(33(38)34(36)39)32(37)27-19-23-29(40-2)24-20-27/h17-24,31,37H,3-16,25H2,1-2H3/b32-30+. The maximum Gasteiger partial charge on any atom is 0.295 e. The Morgan fingerprint density at radius 3 is 1.77 bits per heavy atom. The van der Waals surface area contributed by atoms with Crippen LogP contribution in [0, 0.1) is 0 Å². The summed E-state index contributed by atoms with van der Waals surface area (Å²) in [7, 11) is 1.57. The molecule has 5 nitrogen and oxygen atoms in total. The van der Waals surface area contributed by atoms with Gasteiger partial charge in [-0.1, -0.05) is 114 Å². The second-order valence-corrected chi connectivity index (χ2v) is 11.3. The monoisotopic (exact) mass is 567 g/mol. The van der Waals surface area contributed by atoms with Gasteiger partial charge in [-0.05, 0) is 48.4 Å². The van der Waals surface area contributed by atoms with E-state index in [1.165, 1.54) is 70.6 Å². The van der Waals surface area contributed by atoms with Crippen molar-refractivity contribution in [2.24, 2.45) is 0 Å². The first-order valence-corrected chi connectivity index (χ1v) is 15.5. The molecule has 1 fully saturated rings. The Morgan fingerprint density at radius 2 is 1.27 bits per heavy atom. The van der Waals surface area contributed by atoms with Gasteiger partial charge in [0.25, 0.3) is 11.7 Å². The number of methoxy groups -OCH3 is 1. The Bertz CT molecular complexity index is 1090. The van der Waals surface area contributed by atoms with E-state index < -0.39 is 17.7 Å². The van der Waals surface area contributed by atoms with Crippen molar-refractivity contribution in [2.75, 3.05) is 13.7 Å². The Labute approximate surface area is 245 Å². The Kier molecular flexibility index (Phi) is 13.6. The molecule has 0 spiro atoms. The zero-order chi connectivity index (χ0) is 28.7. The third-order valence-electron chi connectivity index (χ3n) is 7.84. The molecule has 1 unspecified atom stereocenters. The molecule has 218 valence electrons. The summed E-state index contributed by atoms with van der Waals surface area (Å²) in [5.74, 6) is -0.753. The normalized spacial score (nSPS) is 16.6. The number of benzene rings is 2. The zero-order valence-corrected chi connectivity index (χ0v) is 25.1. The van der Waals surface area contributed by atoms with Crippen LogP contribution in [0.4, 0.5) is 0 Å². The van der Waals surface area contributed by atoms with Gasteiger partial charge in [-0.25, -0.2) is 0 Å². The van der Waals surface area contributed by atoms with E-state index in [4.69, 9.17) is 16.3 Å². The van der Waals surface area contributed by atoms with E-state index in [2.05, 4.69) is 6.92 Å². The van der Waals surface area contributed by atoms with E-state index in [0.29, 0.717) is 22.9 Å². The van der Waals surface area contributed by atoms with Gasteiger partial charge in [-0.2, -0.15) is 0 Å². The number of rotatable bonds is 18. The van der Waals surface area contributed by atoms with Gasteiger partial charge in [-0.3, -0.25) is 9.59 Å². The van der Waals surface area contributed by atoms with Crippen molar-refractivity contribution in [3.63, 3.8) is 0 Å². The maximum absolute atomic E-state index is 13.2. The highest BCUT2D eigenvalue weighted by molar-refractivity contribution is 6.46. The first-order valence-electron chi connectivity index (χ1n) is 15.2. The van der Waals surface area contributed by atoms with Crippen LogP contribution in [-0.2, 0) is 9.59 Å². The van der Waals surface area contributed by atoms with Crippen LogP contribution >= 0.6 is 11.6 Å². The lowest BCUT2D eigenvalue weighted by atomic mass is 9.95. The second kappa shape index (κ2) is 17.1. The van der Waals surface area contributed by atoms with Crippen molar-refractivity contribution in [1.29, 1.82) is 0 Å². The fourth-order valence-corrected chi connectivity index (χ4v) is 5.61. The molecule has 2 aromatic rings. The highest BCUT2D eigenvalue weighted by Gasteiger charge is 2.45. The quantitative estimate of drug-likeness (QED) is 0.0843. The van der Waals surface area contributed by atoms with Crippen molar-refractivity contribution in [1.82, 2.24) is 4.90 Å². The van der Waals surface area contributed by atoms with Crippen molar-refractivity contribution in [3.05, 3.63) is 70.3 Å². The lowest BCUT2D eigenvalue weighted by Gasteiger charge is -2.25. The number of carbonyl (C=O) groups excluding carboxylic acids is 2. The van der Waals surface area contributed by atoms with Crippen molar-refractivity contribution < 1.29 is 19.4 Å². The lowest BCUT2D eigenvalue weighted by molar-refractivity contribution is -0.139. The highest BCUT2D eigenvalue weighted by atomic mass is 35.5. The van der Waals surface area contributed by atoms with E-state index in [9.17, 15) is 14.7 Å². The predicted molar refractivity (Wildman–Crippen MR) is 164 cm³/mol. The molecule has 1 atom stereocenters. The first kappa shape index (κ1) is 31.7. The van der Waals surface area contributed by atoms with Crippen LogP contribution in [0.5, 0.6) is 5.75 Å². The molecular formula is C34H46ClNO4. The fraction of sp³-hybridized carbons (Fsp3) is 0.529. The molecule has 0 saturated carbocycles. The van der Waals surface area contributed by atoms with Gasteiger partial charge in [0.15, 0.2) is 0 Å². The number of hydrogen-bond donors (Lipinski definition) is 1. The zero-order valence-electron chi connectivity index (χ0n) is 24.3. The topological polar surface area (TPSA) is 66.8 Å². The van der Waals surface area contributed by atoms with E-state index >= 15 is 0 Å². The second-order valence-electron chi connectivity index (χ2n) is 10.9. The third kappa shape index (κ3) is 9.12. The van der Waals surface area contributed by atoms with Crippen molar-refractivity contribution in [2.45, 2.75) is 103 Å². The fourth-order valence-electron chi connectivity index (χ4n) is 5.48. The minimum Gasteiger partial charge on any atom is -0.507 e. The summed E-state index contributed by atoms with van der Waals surface area (Å²) in [5, 5.41) is 11.8. The van der Waals surface area contributed by atoms with Crippen LogP contribution < -0.4 is 4.74 Å². The summed E-state index contributed by atoms with van der Waals surface area (Å²) < 4.78 is 5.21. The summed E-state index contributed by atoms with van der Waals surface area (Å²) >= 11 is 6.12. The summed E-state index contributed by atoms with van der Waals surface area (Å²) in [4.78, 5) is 28.0. The first-order chi connectivity index (χ1) is 19.5. The number of aliphatic hydroxyl groups excluding tert-OH is 1. The number of Topliss-reactive ketones (excluding diaryl/α,β-unsaturated/α-hetero) is 1. The van der Waals surface area contributed by atoms with E-state index in [0.717, 1.165) is 24.8 Å². The van der Waals surface area contributed by atoms with Gasteiger partial charge >= 0.3 is 0 Å². The van der Waals surface area contributed by atoms with Gasteiger partial charge < -0.3 is 14.7 Å². The number of amides is 1. The highest BCUT2D eigenvalue weighted by Crippen LogP contribution is 2.40. The Morgan fingerprint density at radius 1 is 0.775 bits per heavy atom. The molecule has 0 radical (unpaired) electrons. The smallest absolute Gasteiger partial charge is 0.295 e. The minimum absolute atomic E-state index is 0.114. The van der Waals surface area contributed by atoms with Gasteiger partial charge in [-0.15, -0.1) is 0 Å². The number of hydrogen-bond acceptors (Lipinski definition) is 4. The number of likely N-dealkylation sites (tertiary alicyclic amines) is 1. The molecule has 6 heteroatoms. The molecule has 1 amide bonds. The molecule has 1 aliphatic rings. The van der Waals surface area contributed by atoms with Crippen LogP contribution in [0.3, 0.4) is 0 Å². The third-order valence-corrected chi connectivity index (χ3v) is 8.09. The molecule has 40 heavy (non-hydrogen) atoms. The molecule has 0 bridgehead atoms. The Balaban J connectivity index is 1.54. The molecule has 1 heterocycles. The number of nitrogens with zero attached hydrogens (tertiary/aromatic N) is 1. The predicted octanol–water partition coefficient (Wildman–Crippen LogP) is 9.25. The van der Waals surface area contributed by atoms with Crippen LogP contribution in [0.1, 0.15) is 114 Å². The largest absolute Gasteiger partial charge is 0.507 e. The molecule has 0 aliphatic carbocycles. The van der Waals surface area contributed by atoms with Gasteiger partial charge in [0.1, 0.15) is 11.5 Å². The summed E-state index contributed by atoms with van der Waals surface area (Å²) in [6.45, 7) is 2.73. The SMILES string of the molecule is CCCCCCCCCCCCCCCCN1C(=O)C(=O)/C(=C(/O)c2ccc(OC)cc2)C1c1ccc(Cl)cc1. The molecule has 1 N–H and O–H groups in total. The summed E-state index contributed by atoms with van der Waals surface area (Å²) in [6.07, 6.45) is 17.6. The number of halogens is 1. The average Bonchev–Trinajstić information content (AvgIpc) is 3.22. The van der Waals surface area contributed by atoms with E-state index in [1.807, 2.05) is 12.1 Å². The molecular weight excluding hydrogens is 522 g/mol. The lowest BCUT2D eigenvalue weighted by Crippen LogP contribution is -2.30. The number of ether oxygens (including phenoxy) is 1. The van der Waals surface area contributed by atoms with Gasteiger partial charge in [0, 0.05) is 17.1 Å². The van der Waals surface area contributed by atoms with Gasteiger partial charge in [0.05, 0.1) is 18.7 Å². The van der Waals surface area contributed by atoms with E-state index in [-0.39, 0.29) is 11.3 Å². The van der Waals surface area contributed by atoms with Crippen molar-refractivity contribution >= 4 is 29.1 Å². The van der Waals surface area contributed by atoms with Crippen LogP contribution in [-0.4, -0.2) is 35.4 Å². The van der Waals surface area contributed by atoms with E-state index in [1.54, 1.807) is 48.4 Å². The Hall–Kier alpha value is -2.79. The molecule has 1 saturated heterocycles. The summed E-state index contributed by atoms with van der Waals surface area (Å²) in [6, 6.07) is 13.3. The van der Waals surface area contributed by atoms with Crippen LogP contribution in [0.15, 0.2) is 54.1 Å². The molecule has 0 aromatic heterocycles.